The van der Waals surface area contributed by atoms with Crippen molar-refractivity contribution in [2.45, 2.75) is 31.2 Å². The molecule has 3 heteroatoms. The van der Waals surface area contributed by atoms with Gasteiger partial charge in [0.1, 0.15) is 6.10 Å². The van der Waals surface area contributed by atoms with Gasteiger partial charge in [0, 0.05) is 6.42 Å². The second-order valence-electron chi connectivity index (χ2n) is 2.74. The quantitative estimate of drug-likeness (QED) is 0.417. The Kier molecular flexibility index (Phi) is 1.99. The summed E-state index contributed by atoms with van der Waals surface area (Å²) in [6.45, 7) is 1.77. The Morgan fingerprint density at radius 1 is 1.91 bits per heavy atom. The van der Waals surface area contributed by atoms with Crippen molar-refractivity contribution in [2.24, 2.45) is 0 Å². The van der Waals surface area contributed by atoms with Crippen LogP contribution in [0.2, 0.25) is 0 Å². The van der Waals surface area contributed by atoms with Crippen LogP contribution in [0.5, 0.6) is 0 Å². The van der Waals surface area contributed by atoms with Gasteiger partial charge < -0.3 is 9.84 Å². The van der Waals surface area contributed by atoms with Gasteiger partial charge in [0.15, 0.2) is 6.29 Å². The first-order valence-corrected chi connectivity index (χ1v) is 3.44. The van der Waals surface area contributed by atoms with Crippen LogP contribution in [0.1, 0.15) is 13.3 Å². The summed E-state index contributed by atoms with van der Waals surface area (Å²) in [6.07, 6.45) is 4.96. The van der Waals surface area contributed by atoms with Crippen molar-refractivity contribution in [3.63, 3.8) is 0 Å². The molecule has 1 heterocycles. The van der Waals surface area contributed by atoms with E-state index in [1.165, 1.54) is 0 Å². The Balaban J connectivity index is 2.86. The molecule has 0 spiro atoms. The van der Waals surface area contributed by atoms with Gasteiger partial charge in [-0.15, -0.1) is 6.42 Å². The van der Waals surface area contributed by atoms with Crippen LogP contribution in [0, 0.1) is 12.3 Å². The molecule has 1 rings (SSSR count). The summed E-state index contributed by atoms with van der Waals surface area (Å²) in [5.41, 5.74) is -1.39. The van der Waals surface area contributed by atoms with Crippen molar-refractivity contribution < 1.29 is 14.6 Å². The molecule has 0 aromatic rings. The van der Waals surface area contributed by atoms with Crippen LogP contribution in [-0.2, 0) is 9.53 Å². The lowest BCUT2D eigenvalue weighted by Crippen LogP contribution is -2.39. The number of aliphatic hydroxyl groups excluding tert-OH is 1. The van der Waals surface area contributed by atoms with Crippen molar-refractivity contribution in [1.82, 2.24) is 0 Å². The molecule has 0 aliphatic carbocycles. The highest BCUT2D eigenvalue weighted by Crippen LogP contribution is 2.28. The highest BCUT2D eigenvalue weighted by atomic mass is 16.5. The third-order valence-corrected chi connectivity index (χ3v) is 1.85. The lowest BCUT2D eigenvalue weighted by Gasteiger charge is -2.18. The molecule has 0 radical (unpaired) electrons. The minimum absolute atomic E-state index is 0.147. The molecule has 60 valence electrons. The molecule has 3 nitrogen and oxygen atoms in total. The molecule has 0 aromatic carbocycles. The first-order chi connectivity index (χ1) is 5.14. The highest BCUT2D eigenvalue weighted by Gasteiger charge is 2.45. The zero-order chi connectivity index (χ0) is 8.48. The van der Waals surface area contributed by atoms with Crippen LogP contribution in [0.15, 0.2) is 0 Å². The van der Waals surface area contributed by atoms with Gasteiger partial charge in [-0.25, -0.2) is 0 Å². The number of carbonyl (C=O) groups is 1. The van der Waals surface area contributed by atoms with E-state index in [1.807, 2.05) is 0 Å². The Morgan fingerprint density at radius 3 is 2.73 bits per heavy atom. The SMILES string of the molecule is C#C[C@]1(C=O)O[C@H](C)C[C@@H]1O. The number of rotatable bonds is 1. The van der Waals surface area contributed by atoms with Gasteiger partial charge in [0.25, 0.3) is 0 Å². The zero-order valence-electron chi connectivity index (χ0n) is 6.28. The molecule has 0 aromatic heterocycles. The molecule has 1 saturated heterocycles. The molecule has 1 aliphatic rings. The van der Waals surface area contributed by atoms with Gasteiger partial charge in [-0.05, 0) is 6.92 Å². The van der Waals surface area contributed by atoms with Gasteiger partial charge in [0.05, 0.1) is 6.10 Å². The lowest BCUT2D eigenvalue weighted by atomic mass is 9.99. The first-order valence-electron chi connectivity index (χ1n) is 3.44. The topological polar surface area (TPSA) is 46.5 Å². The maximum Gasteiger partial charge on any atom is 0.209 e. The first kappa shape index (κ1) is 8.25. The number of hydrogen-bond acceptors (Lipinski definition) is 3. The Labute approximate surface area is 65.4 Å². The maximum absolute atomic E-state index is 10.5. The van der Waals surface area contributed by atoms with E-state index in [1.54, 1.807) is 6.92 Å². The smallest absolute Gasteiger partial charge is 0.209 e. The van der Waals surface area contributed by atoms with Gasteiger partial charge in [-0.2, -0.15) is 0 Å². The van der Waals surface area contributed by atoms with E-state index in [2.05, 4.69) is 5.92 Å². The van der Waals surface area contributed by atoms with Gasteiger partial charge >= 0.3 is 0 Å². The van der Waals surface area contributed by atoms with E-state index in [0.717, 1.165) is 0 Å². The number of aldehydes is 1. The Hall–Kier alpha value is -0.850. The Bertz CT molecular complexity index is 206. The standard InChI is InChI=1S/C8H10O3/c1-3-8(5-9)7(10)4-6(2)11-8/h1,5-7,10H,4H2,2H3/t6-,7+,8-/m1/s1. The lowest BCUT2D eigenvalue weighted by molar-refractivity contribution is -0.128. The summed E-state index contributed by atoms with van der Waals surface area (Å²) >= 11 is 0. The average molecular weight is 154 g/mol. The predicted octanol–water partition coefficient (Wildman–Crippen LogP) is -0.273. The molecule has 0 unspecified atom stereocenters. The minimum atomic E-state index is -1.39. The van der Waals surface area contributed by atoms with E-state index in [-0.39, 0.29) is 6.10 Å². The molecule has 3 atom stereocenters. The van der Waals surface area contributed by atoms with E-state index in [0.29, 0.717) is 12.7 Å². The number of ether oxygens (including phenoxy) is 1. The van der Waals surface area contributed by atoms with Crippen molar-refractivity contribution >= 4 is 6.29 Å². The zero-order valence-corrected chi connectivity index (χ0v) is 6.28. The Morgan fingerprint density at radius 2 is 2.55 bits per heavy atom. The molecular weight excluding hydrogens is 144 g/mol. The van der Waals surface area contributed by atoms with Crippen LogP contribution in [-0.4, -0.2) is 29.2 Å². The minimum Gasteiger partial charge on any atom is -0.388 e. The number of hydrogen-bond donors (Lipinski definition) is 1. The molecule has 11 heavy (non-hydrogen) atoms. The van der Waals surface area contributed by atoms with Crippen LogP contribution in [0.25, 0.3) is 0 Å². The molecule has 0 amide bonds. The van der Waals surface area contributed by atoms with Gasteiger partial charge in [0.2, 0.25) is 5.60 Å². The second kappa shape index (κ2) is 2.65. The summed E-state index contributed by atoms with van der Waals surface area (Å²) in [7, 11) is 0. The van der Waals surface area contributed by atoms with Crippen molar-refractivity contribution in [2.75, 3.05) is 0 Å². The number of carbonyl (C=O) groups excluding carboxylic acids is 1. The van der Waals surface area contributed by atoms with Crippen LogP contribution in [0.3, 0.4) is 0 Å². The predicted molar refractivity (Wildman–Crippen MR) is 38.8 cm³/mol. The van der Waals surface area contributed by atoms with Crippen molar-refractivity contribution in [3.05, 3.63) is 0 Å². The molecule has 0 bridgehead atoms. The van der Waals surface area contributed by atoms with E-state index in [9.17, 15) is 9.90 Å². The number of aliphatic hydroxyl groups is 1. The summed E-state index contributed by atoms with van der Waals surface area (Å²) in [4.78, 5) is 10.5. The second-order valence-corrected chi connectivity index (χ2v) is 2.74. The summed E-state index contributed by atoms with van der Waals surface area (Å²) in [5.74, 6) is 2.17. The van der Waals surface area contributed by atoms with E-state index in [4.69, 9.17) is 11.2 Å². The van der Waals surface area contributed by atoms with Crippen molar-refractivity contribution in [1.29, 1.82) is 0 Å². The van der Waals surface area contributed by atoms with Crippen molar-refractivity contribution in [3.8, 4) is 12.3 Å². The highest BCUT2D eigenvalue weighted by molar-refractivity contribution is 5.70. The molecule has 1 fully saturated rings. The van der Waals surface area contributed by atoms with Crippen LogP contribution >= 0.6 is 0 Å². The van der Waals surface area contributed by atoms with Crippen LogP contribution < -0.4 is 0 Å². The molecule has 0 saturated carbocycles. The summed E-state index contributed by atoms with van der Waals surface area (Å²) < 4.78 is 5.11. The van der Waals surface area contributed by atoms with Gasteiger partial charge in [-0.1, -0.05) is 5.92 Å². The van der Waals surface area contributed by atoms with Crippen LogP contribution in [0.4, 0.5) is 0 Å². The monoisotopic (exact) mass is 154 g/mol. The van der Waals surface area contributed by atoms with E-state index < -0.39 is 11.7 Å². The molecule has 1 N–H and O–H groups in total. The average Bonchev–Trinajstić information content (AvgIpc) is 2.27. The molecule has 1 aliphatic heterocycles. The largest absolute Gasteiger partial charge is 0.388 e. The third-order valence-electron chi connectivity index (χ3n) is 1.85. The van der Waals surface area contributed by atoms with Gasteiger partial charge in [-0.3, -0.25) is 4.79 Å². The maximum atomic E-state index is 10.5. The third kappa shape index (κ3) is 1.15. The summed E-state index contributed by atoms with van der Waals surface area (Å²) in [5, 5.41) is 9.31. The fourth-order valence-electron chi connectivity index (χ4n) is 1.22. The fraction of sp³-hybridized carbons (Fsp3) is 0.625. The normalized spacial score (nSPS) is 43.4. The van der Waals surface area contributed by atoms with E-state index >= 15 is 0 Å². The summed E-state index contributed by atoms with van der Waals surface area (Å²) in [6, 6.07) is 0. The number of terminal acetylenes is 1. The molecular formula is C8H10O3. The fourth-order valence-corrected chi connectivity index (χ4v) is 1.22.